The SMILES string of the molecule is CCCC(CCC)C(N)c1cc(Br)ccc1OC. The normalized spacial score (nSPS) is 12.8. The van der Waals surface area contributed by atoms with Crippen LogP contribution in [0.2, 0.25) is 0 Å². The van der Waals surface area contributed by atoms with E-state index in [0.717, 1.165) is 15.8 Å². The molecule has 2 nitrogen and oxygen atoms in total. The second-order valence-corrected chi connectivity index (χ2v) is 5.67. The van der Waals surface area contributed by atoms with Crippen LogP contribution in [0.3, 0.4) is 0 Å². The molecule has 0 aliphatic carbocycles. The number of hydrogen-bond acceptors (Lipinski definition) is 2. The third kappa shape index (κ3) is 3.99. The summed E-state index contributed by atoms with van der Waals surface area (Å²) in [4.78, 5) is 0. The summed E-state index contributed by atoms with van der Waals surface area (Å²) in [5.41, 5.74) is 7.57. The molecule has 0 fully saturated rings. The van der Waals surface area contributed by atoms with Crippen LogP contribution in [0.15, 0.2) is 22.7 Å². The number of hydrogen-bond donors (Lipinski definition) is 1. The number of halogens is 1. The van der Waals surface area contributed by atoms with Crippen molar-refractivity contribution in [1.82, 2.24) is 0 Å². The molecule has 1 aromatic rings. The first kappa shape index (κ1) is 15.5. The van der Waals surface area contributed by atoms with E-state index in [-0.39, 0.29) is 6.04 Å². The van der Waals surface area contributed by atoms with Crippen LogP contribution in [0.1, 0.15) is 51.1 Å². The van der Waals surface area contributed by atoms with E-state index in [9.17, 15) is 0 Å². The molecule has 0 saturated heterocycles. The topological polar surface area (TPSA) is 35.2 Å². The lowest BCUT2D eigenvalue weighted by Crippen LogP contribution is -2.22. The van der Waals surface area contributed by atoms with Crippen molar-refractivity contribution < 1.29 is 4.74 Å². The minimum absolute atomic E-state index is 0.0531. The van der Waals surface area contributed by atoms with Crippen molar-refractivity contribution in [3.63, 3.8) is 0 Å². The average molecular weight is 314 g/mol. The minimum atomic E-state index is 0.0531. The zero-order chi connectivity index (χ0) is 13.5. The van der Waals surface area contributed by atoms with Crippen molar-refractivity contribution in [3.05, 3.63) is 28.2 Å². The molecule has 102 valence electrons. The predicted molar refractivity (Wildman–Crippen MR) is 80.9 cm³/mol. The van der Waals surface area contributed by atoms with Crippen molar-refractivity contribution in [1.29, 1.82) is 0 Å². The molecule has 18 heavy (non-hydrogen) atoms. The van der Waals surface area contributed by atoms with Gasteiger partial charge in [0, 0.05) is 16.1 Å². The average Bonchev–Trinajstić information content (AvgIpc) is 2.37. The van der Waals surface area contributed by atoms with Gasteiger partial charge in [0.25, 0.3) is 0 Å². The van der Waals surface area contributed by atoms with Crippen LogP contribution >= 0.6 is 15.9 Å². The van der Waals surface area contributed by atoms with Crippen LogP contribution in [0, 0.1) is 5.92 Å². The molecule has 1 rings (SSSR count). The van der Waals surface area contributed by atoms with Gasteiger partial charge in [-0.3, -0.25) is 0 Å². The van der Waals surface area contributed by atoms with Gasteiger partial charge in [-0.1, -0.05) is 42.6 Å². The van der Waals surface area contributed by atoms with Gasteiger partial charge in [-0.25, -0.2) is 0 Å². The van der Waals surface area contributed by atoms with E-state index in [0.29, 0.717) is 5.92 Å². The van der Waals surface area contributed by atoms with E-state index in [4.69, 9.17) is 10.5 Å². The molecule has 0 aliphatic rings. The summed E-state index contributed by atoms with van der Waals surface area (Å²) in [7, 11) is 1.70. The number of ether oxygens (including phenoxy) is 1. The molecule has 0 bridgehead atoms. The fraction of sp³-hybridized carbons (Fsp3) is 0.600. The number of methoxy groups -OCH3 is 1. The van der Waals surface area contributed by atoms with E-state index in [2.05, 4.69) is 35.8 Å². The molecular weight excluding hydrogens is 290 g/mol. The van der Waals surface area contributed by atoms with Crippen LogP contribution in [-0.4, -0.2) is 7.11 Å². The Labute approximate surface area is 119 Å². The van der Waals surface area contributed by atoms with E-state index >= 15 is 0 Å². The summed E-state index contributed by atoms with van der Waals surface area (Å²) in [5.74, 6) is 1.42. The highest BCUT2D eigenvalue weighted by molar-refractivity contribution is 9.10. The van der Waals surface area contributed by atoms with Gasteiger partial charge in [0.1, 0.15) is 5.75 Å². The van der Waals surface area contributed by atoms with Gasteiger partial charge in [-0.05, 0) is 37.0 Å². The van der Waals surface area contributed by atoms with E-state index in [1.807, 2.05) is 12.1 Å². The third-order valence-corrected chi connectivity index (χ3v) is 3.87. The summed E-state index contributed by atoms with van der Waals surface area (Å²) >= 11 is 3.51. The van der Waals surface area contributed by atoms with E-state index in [1.54, 1.807) is 7.11 Å². The van der Waals surface area contributed by atoms with Crippen LogP contribution in [0.4, 0.5) is 0 Å². The summed E-state index contributed by atoms with van der Waals surface area (Å²) in [5, 5.41) is 0. The molecule has 0 heterocycles. The van der Waals surface area contributed by atoms with E-state index in [1.165, 1.54) is 25.7 Å². The van der Waals surface area contributed by atoms with Gasteiger partial charge in [0.2, 0.25) is 0 Å². The quantitative estimate of drug-likeness (QED) is 0.793. The lowest BCUT2D eigenvalue weighted by molar-refractivity contribution is 0.350. The Bertz CT molecular complexity index is 362. The molecule has 3 heteroatoms. The smallest absolute Gasteiger partial charge is 0.123 e. The van der Waals surface area contributed by atoms with Gasteiger partial charge < -0.3 is 10.5 Å². The molecule has 1 aromatic carbocycles. The second-order valence-electron chi connectivity index (χ2n) is 4.75. The molecule has 0 saturated carbocycles. The summed E-state index contributed by atoms with van der Waals surface area (Å²) in [6.45, 7) is 4.43. The van der Waals surface area contributed by atoms with Gasteiger partial charge in [-0.2, -0.15) is 0 Å². The molecule has 0 aromatic heterocycles. The number of benzene rings is 1. The van der Waals surface area contributed by atoms with Gasteiger partial charge in [-0.15, -0.1) is 0 Å². The number of nitrogens with two attached hydrogens (primary N) is 1. The standard InChI is InChI=1S/C15H24BrNO/c1-4-6-11(7-5-2)15(17)13-10-12(16)8-9-14(13)18-3/h8-11,15H,4-7,17H2,1-3H3. The Morgan fingerprint density at radius 2 is 1.83 bits per heavy atom. The lowest BCUT2D eigenvalue weighted by Gasteiger charge is -2.25. The summed E-state index contributed by atoms with van der Waals surface area (Å²) < 4.78 is 6.48. The van der Waals surface area contributed by atoms with Gasteiger partial charge >= 0.3 is 0 Å². The first-order valence-corrected chi connectivity index (χ1v) is 7.52. The maximum atomic E-state index is 6.46. The highest BCUT2D eigenvalue weighted by atomic mass is 79.9. The van der Waals surface area contributed by atoms with Crippen LogP contribution in [0.5, 0.6) is 5.75 Å². The largest absolute Gasteiger partial charge is 0.496 e. The highest BCUT2D eigenvalue weighted by Gasteiger charge is 2.21. The fourth-order valence-electron chi connectivity index (χ4n) is 2.46. The molecule has 0 amide bonds. The maximum absolute atomic E-state index is 6.46. The van der Waals surface area contributed by atoms with Crippen LogP contribution in [0.25, 0.3) is 0 Å². The maximum Gasteiger partial charge on any atom is 0.123 e. The van der Waals surface area contributed by atoms with Crippen molar-refractivity contribution in [3.8, 4) is 5.75 Å². The summed E-state index contributed by atoms with van der Waals surface area (Å²) in [6.07, 6.45) is 4.69. The van der Waals surface area contributed by atoms with Crippen molar-refractivity contribution in [2.45, 2.75) is 45.6 Å². The Balaban J connectivity index is 2.98. The first-order chi connectivity index (χ1) is 8.63. The molecule has 2 N–H and O–H groups in total. The lowest BCUT2D eigenvalue weighted by atomic mass is 9.86. The summed E-state index contributed by atoms with van der Waals surface area (Å²) in [6, 6.07) is 6.11. The molecule has 0 radical (unpaired) electrons. The Morgan fingerprint density at radius 3 is 2.33 bits per heavy atom. The Kier molecular flexibility index (Phi) is 6.72. The molecule has 1 atom stereocenters. The monoisotopic (exact) mass is 313 g/mol. The molecule has 1 unspecified atom stereocenters. The highest BCUT2D eigenvalue weighted by Crippen LogP contribution is 2.34. The number of rotatable bonds is 7. The van der Waals surface area contributed by atoms with Gasteiger partial charge in [0.05, 0.1) is 7.11 Å². The molecule has 0 spiro atoms. The van der Waals surface area contributed by atoms with Crippen LogP contribution < -0.4 is 10.5 Å². The Morgan fingerprint density at radius 1 is 1.22 bits per heavy atom. The third-order valence-electron chi connectivity index (χ3n) is 3.38. The molecular formula is C15H24BrNO. The van der Waals surface area contributed by atoms with Crippen molar-refractivity contribution in [2.24, 2.45) is 11.7 Å². The zero-order valence-corrected chi connectivity index (χ0v) is 13.2. The Hall–Kier alpha value is -0.540. The molecule has 0 aliphatic heterocycles. The second kappa shape index (κ2) is 7.80. The first-order valence-electron chi connectivity index (χ1n) is 6.73. The van der Waals surface area contributed by atoms with Crippen molar-refractivity contribution >= 4 is 15.9 Å². The minimum Gasteiger partial charge on any atom is -0.496 e. The van der Waals surface area contributed by atoms with Gasteiger partial charge in [0.15, 0.2) is 0 Å². The van der Waals surface area contributed by atoms with E-state index < -0.39 is 0 Å². The van der Waals surface area contributed by atoms with Crippen LogP contribution in [-0.2, 0) is 0 Å². The fourth-order valence-corrected chi connectivity index (χ4v) is 2.84. The van der Waals surface area contributed by atoms with Crippen molar-refractivity contribution in [2.75, 3.05) is 7.11 Å². The zero-order valence-electron chi connectivity index (χ0n) is 11.6. The predicted octanol–water partition coefficient (Wildman–Crippen LogP) is 4.67.